The van der Waals surface area contributed by atoms with E-state index in [1.165, 1.54) is 19.2 Å². The minimum absolute atomic E-state index is 0.111. The monoisotopic (exact) mass is 230 g/mol. The first-order chi connectivity index (χ1) is 7.10. The maximum Gasteiger partial charge on any atom is 0.140 e. The van der Waals surface area contributed by atoms with Crippen LogP contribution >= 0.6 is 11.6 Å². The highest BCUT2D eigenvalue weighted by Crippen LogP contribution is 2.34. The molecule has 1 aromatic rings. The van der Waals surface area contributed by atoms with Crippen LogP contribution in [0, 0.1) is 5.82 Å². The van der Waals surface area contributed by atoms with Gasteiger partial charge in [0.1, 0.15) is 17.9 Å². The number of hydrogen-bond donors (Lipinski definition) is 0. The van der Waals surface area contributed by atoms with E-state index in [1.807, 2.05) is 6.92 Å². The molecule has 0 saturated heterocycles. The largest absolute Gasteiger partial charge is 0.495 e. The summed E-state index contributed by atoms with van der Waals surface area (Å²) in [6.45, 7) is 1.81. The second kappa shape index (κ2) is 5.12. The number of aldehydes is 1. The maximum atomic E-state index is 13.2. The molecule has 0 bridgehead atoms. The quantitative estimate of drug-likeness (QED) is 0.743. The van der Waals surface area contributed by atoms with Crippen molar-refractivity contribution < 1.29 is 13.9 Å². The molecule has 0 aliphatic rings. The molecule has 2 nitrogen and oxygen atoms in total. The predicted octanol–water partition coefficient (Wildman–Crippen LogP) is 3.18. The zero-order valence-corrected chi connectivity index (χ0v) is 9.34. The minimum atomic E-state index is -0.413. The van der Waals surface area contributed by atoms with E-state index in [4.69, 9.17) is 16.3 Å². The molecule has 0 amide bonds. The van der Waals surface area contributed by atoms with Crippen LogP contribution in [0.2, 0.25) is 5.02 Å². The van der Waals surface area contributed by atoms with Gasteiger partial charge in [0.2, 0.25) is 0 Å². The van der Waals surface area contributed by atoms with Gasteiger partial charge in [-0.05, 0) is 17.5 Å². The van der Waals surface area contributed by atoms with E-state index in [0.29, 0.717) is 22.8 Å². The number of benzene rings is 1. The first-order valence-corrected chi connectivity index (χ1v) is 4.94. The summed E-state index contributed by atoms with van der Waals surface area (Å²) in [5.41, 5.74) is 0.598. The number of ether oxygens (including phenoxy) is 1. The lowest BCUT2D eigenvalue weighted by Crippen LogP contribution is -1.98. The molecule has 4 heteroatoms. The van der Waals surface area contributed by atoms with Crippen molar-refractivity contribution >= 4 is 17.9 Å². The Morgan fingerprint density at radius 1 is 1.60 bits per heavy atom. The van der Waals surface area contributed by atoms with Gasteiger partial charge in [0.05, 0.1) is 12.1 Å². The van der Waals surface area contributed by atoms with Crippen LogP contribution in [0.4, 0.5) is 4.39 Å². The molecular formula is C11H12ClFO2. The third-order valence-corrected chi connectivity index (χ3v) is 2.64. The lowest BCUT2D eigenvalue weighted by molar-refractivity contribution is -0.108. The molecule has 0 saturated carbocycles. The van der Waals surface area contributed by atoms with Crippen molar-refractivity contribution in [2.24, 2.45) is 0 Å². The topological polar surface area (TPSA) is 26.3 Å². The highest BCUT2D eigenvalue weighted by Gasteiger charge is 2.15. The van der Waals surface area contributed by atoms with Gasteiger partial charge in [0.25, 0.3) is 0 Å². The fourth-order valence-corrected chi connectivity index (χ4v) is 1.74. The molecule has 0 aliphatic carbocycles. The molecule has 0 fully saturated rings. The molecule has 0 radical (unpaired) electrons. The molecule has 1 rings (SSSR count). The highest BCUT2D eigenvalue weighted by atomic mass is 35.5. The van der Waals surface area contributed by atoms with E-state index < -0.39 is 5.82 Å². The Kier molecular flexibility index (Phi) is 4.09. The second-order valence-electron chi connectivity index (χ2n) is 3.31. The summed E-state index contributed by atoms with van der Waals surface area (Å²) in [6.07, 6.45) is 1.10. The summed E-state index contributed by atoms with van der Waals surface area (Å²) in [5, 5.41) is 0.369. The van der Waals surface area contributed by atoms with E-state index in [2.05, 4.69) is 0 Å². The SMILES string of the molecule is COc1cc(F)cc(C(C)CC=O)c1Cl. The second-order valence-corrected chi connectivity index (χ2v) is 3.69. The van der Waals surface area contributed by atoms with Crippen molar-refractivity contribution in [3.05, 3.63) is 28.5 Å². The lowest BCUT2D eigenvalue weighted by atomic mass is 9.98. The molecule has 15 heavy (non-hydrogen) atoms. The normalized spacial score (nSPS) is 12.3. The van der Waals surface area contributed by atoms with Gasteiger partial charge in [-0.25, -0.2) is 4.39 Å². The Bertz CT molecular complexity index is 366. The smallest absolute Gasteiger partial charge is 0.140 e. The van der Waals surface area contributed by atoms with Crippen LogP contribution in [-0.4, -0.2) is 13.4 Å². The summed E-state index contributed by atoms with van der Waals surface area (Å²) in [5.74, 6) is -0.229. The molecule has 0 N–H and O–H groups in total. The van der Waals surface area contributed by atoms with Crippen molar-refractivity contribution in [2.45, 2.75) is 19.3 Å². The van der Waals surface area contributed by atoms with Crippen LogP contribution in [0.5, 0.6) is 5.75 Å². The standard InChI is InChI=1S/C11H12ClFO2/c1-7(3-4-14)9-5-8(13)6-10(15-2)11(9)12/h4-7H,3H2,1-2H3. The molecule has 0 aliphatic heterocycles. The van der Waals surface area contributed by atoms with Crippen molar-refractivity contribution in [1.29, 1.82) is 0 Å². The van der Waals surface area contributed by atoms with E-state index in [-0.39, 0.29) is 5.92 Å². The predicted molar refractivity (Wildman–Crippen MR) is 57.1 cm³/mol. The molecule has 1 unspecified atom stereocenters. The molecule has 1 aromatic carbocycles. The summed E-state index contributed by atoms with van der Waals surface area (Å²) < 4.78 is 18.1. The van der Waals surface area contributed by atoms with E-state index in [0.717, 1.165) is 6.29 Å². The van der Waals surface area contributed by atoms with Crippen LogP contribution in [0.3, 0.4) is 0 Å². The van der Waals surface area contributed by atoms with Crippen LogP contribution in [0.15, 0.2) is 12.1 Å². The Balaban J connectivity index is 3.16. The molecule has 82 valence electrons. The first kappa shape index (κ1) is 12.0. The van der Waals surface area contributed by atoms with Crippen LogP contribution in [0.1, 0.15) is 24.8 Å². The summed E-state index contributed by atoms with van der Waals surface area (Å²) >= 11 is 6.00. The molecule has 0 heterocycles. The number of halogens is 2. The van der Waals surface area contributed by atoms with Gasteiger partial charge in [-0.1, -0.05) is 18.5 Å². The molecule has 0 aromatic heterocycles. The highest BCUT2D eigenvalue weighted by molar-refractivity contribution is 6.32. The van der Waals surface area contributed by atoms with Gasteiger partial charge < -0.3 is 9.53 Å². The van der Waals surface area contributed by atoms with E-state index in [1.54, 1.807) is 0 Å². The third-order valence-electron chi connectivity index (χ3n) is 2.23. The van der Waals surface area contributed by atoms with Crippen molar-refractivity contribution in [1.82, 2.24) is 0 Å². The Hall–Kier alpha value is -1.09. The third kappa shape index (κ3) is 2.69. The van der Waals surface area contributed by atoms with E-state index >= 15 is 0 Å². The van der Waals surface area contributed by atoms with Crippen molar-refractivity contribution in [3.8, 4) is 5.75 Å². The van der Waals surface area contributed by atoms with Crippen LogP contribution in [-0.2, 0) is 4.79 Å². The summed E-state index contributed by atoms with van der Waals surface area (Å²) in [6, 6.07) is 2.55. The minimum Gasteiger partial charge on any atom is -0.495 e. The van der Waals surface area contributed by atoms with Crippen LogP contribution < -0.4 is 4.74 Å². The zero-order valence-electron chi connectivity index (χ0n) is 8.59. The number of methoxy groups -OCH3 is 1. The molecule has 0 spiro atoms. The van der Waals surface area contributed by atoms with Gasteiger partial charge in [0, 0.05) is 12.5 Å². The first-order valence-electron chi connectivity index (χ1n) is 4.56. The van der Waals surface area contributed by atoms with Gasteiger partial charge in [-0.3, -0.25) is 0 Å². The zero-order chi connectivity index (χ0) is 11.4. The van der Waals surface area contributed by atoms with Gasteiger partial charge in [-0.2, -0.15) is 0 Å². The fraction of sp³-hybridized carbons (Fsp3) is 0.364. The number of hydrogen-bond acceptors (Lipinski definition) is 2. The Morgan fingerprint density at radius 3 is 2.80 bits per heavy atom. The average Bonchev–Trinajstić information content (AvgIpc) is 2.21. The Labute approximate surface area is 93.0 Å². The number of carbonyl (C=O) groups excluding carboxylic acids is 1. The van der Waals surface area contributed by atoms with Crippen molar-refractivity contribution in [3.63, 3.8) is 0 Å². The number of rotatable bonds is 4. The lowest BCUT2D eigenvalue weighted by Gasteiger charge is -2.13. The maximum absolute atomic E-state index is 13.2. The molecular weight excluding hydrogens is 219 g/mol. The molecule has 1 atom stereocenters. The average molecular weight is 231 g/mol. The summed E-state index contributed by atoms with van der Waals surface area (Å²) in [4.78, 5) is 10.4. The fourth-order valence-electron chi connectivity index (χ4n) is 1.36. The summed E-state index contributed by atoms with van der Waals surface area (Å²) in [7, 11) is 1.43. The van der Waals surface area contributed by atoms with Gasteiger partial charge >= 0.3 is 0 Å². The number of carbonyl (C=O) groups is 1. The van der Waals surface area contributed by atoms with Gasteiger partial charge in [0.15, 0.2) is 0 Å². The Morgan fingerprint density at radius 2 is 2.27 bits per heavy atom. The van der Waals surface area contributed by atoms with Gasteiger partial charge in [-0.15, -0.1) is 0 Å². The van der Waals surface area contributed by atoms with Crippen LogP contribution in [0.25, 0.3) is 0 Å². The van der Waals surface area contributed by atoms with Crippen molar-refractivity contribution in [2.75, 3.05) is 7.11 Å². The van der Waals surface area contributed by atoms with E-state index in [9.17, 15) is 9.18 Å².